The Morgan fingerprint density at radius 3 is 2.40 bits per heavy atom. The van der Waals surface area contributed by atoms with Crippen LogP contribution >= 0.6 is 0 Å². The molecule has 0 aromatic heterocycles. The first kappa shape index (κ1) is 13.1. The predicted molar refractivity (Wildman–Crippen MR) is 52.8 cm³/mol. The van der Waals surface area contributed by atoms with Gasteiger partial charge >= 0.3 is 5.97 Å². The molecule has 0 saturated heterocycles. The average Bonchev–Trinajstić information content (AvgIpc) is 2.16. The fourth-order valence-corrected chi connectivity index (χ4v) is 0.676. The van der Waals surface area contributed by atoms with Gasteiger partial charge in [-0.1, -0.05) is 5.16 Å². The lowest BCUT2D eigenvalue weighted by Gasteiger charge is -2.03. The Morgan fingerprint density at radius 2 is 2.00 bits per heavy atom. The average molecular weight is 215 g/mol. The van der Waals surface area contributed by atoms with Gasteiger partial charge in [0.15, 0.2) is 0 Å². The molecule has 7 nitrogen and oxygen atoms in total. The third kappa shape index (κ3) is 4.75. The first-order chi connectivity index (χ1) is 7.02. The van der Waals surface area contributed by atoms with E-state index in [1.165, 1.54) is 13.8 Å². The van der Waals surface area contributed by atoms with Crippen LogP contribution in [0.5, 0.6) is 0 Å². The minimum Gasteiger partial charge on any atom is -0.461 e. The summed E-state index contributed by atoms with van der Waals surface area (Å²) in [6.45, 7) is 4.44. The molecule has 0 heterocycles. The van der Waals surface area contributed by atoms with Crippen LogP contribution in [0, 0.1) is 0 Å². The number of rotatable bonds is 4. The topological polar surface area (TPSA) is 100 Å². The monoisotopic (exact) mass is 215 g/mol. The molecule has 2 N–H and O–H groups in total. The first-order valence-electron chi connectivity index (χ1n) is 4.23. The third-order valence-corrected chi connectivity index (χ3v) is 1.29. The SMILES string of the molecule is CCOC(=O)C(=N/O)/C(C)=N/NC(C)=O. The summed E-state index contributed by atoms with van der Waals surface area (Å²) in [5, 5.41) is 14.8. The van der Waals surface area contributed by atoms with E-state index >= 15 is 0 Å². The van der Waals surface area contributed by atoms with Gasteiger partial charge in [-0.25, -0.2) is 10.2 Å². The van der Waals surface area contributed by atoms with Gasteiger partial charge < -0.3 is 9.94 Å². The van der Waals surface area contributed by atoms with Gasteiger partial charge in [-0.05, 0) is 13.8 Å². The number of hydrogen-bond donors (Lipinski definition) is 2. The fourth-order valence-electron chi connectivity index (χ4n) is 0.676. The van der Waals surface area contributed by atoms with Gasteiger partial charge in [0, 0.05) is 6.92 Å². The van der Waals surface area contributed by atoms with Crippen LogP contribution in [0.4, 0.5) is 0 Å². The fraction of sp³-hybridized carbons (Fsp3) is 0.500. The highest BCUT2D eigenvalue weighted by molar-refractivity contribution is 6.65. The molecule has 0 unspecified atom stereocenters. The van der Waals surface area contributed by atoms with E-state index in [1.807, 2.05) is 0 Å². The number of amides is 1. The second-order valence-electron chi connectivity index (χ2n) is 2.53. The molecule has 84 valence electrons. The number of hydrogen-bond acceptors (Lipinski definition) is 6. The highest BCUT2D eigenvalue weighted by Crippen LogP contribution is 1.89. The van der Waals surface area contributed by atoms with Crippen molar-refractivity contribution >= 4 is 23.3 Å². The molecule has 15 heavy (non-hydrogen) atoms. The molecular weight excluding hydrogens is 202 g/mol. The van der Waals surface area contributed by atoms with Crippen LogP contribution < -0.4 is 5.43 Å². The summed E-state index contributed by atoms with van der Waals surface area (Å²) in [6, 6.07) is 0. The van der Waals surface area contributed by atoms with E-state index in [4.69, 9.17) is 5.21 Å². The number of esters is 1. The quantitative estimate of drug-likeness (QED) is 0.296. The van der Waals surface area contributed by atoms with Crippen LogP contribution in [0.15, 0.2) is 10.3 Å². The van der Waals surface area contributed by atoms with E-state index in [9.17, 15) is 9.59 Å². The highest BCUT2D eigenvalue weighted by Gasteiger charge is 2.17. The molecule has 0 aromatic carbocycles. The van der Waals surface area contributed by atoms with Crippen LogP contribution in [-0.2, 0) is 14.3 Å². The van der Waals surface area contributed by atoms with Crippen LogP contribution in [0.3, 0.4) is 0 Å². The van der Waals surface area contributed by atoms with Gasteiger partial charge in [0.25, 0.3) is 0 Å². The number of ether oxygens (including phenoxy) is 1. The number of carbonyl (C=O) groups excluding carboxylic acids is 2. The van der Waals surface area contributed by atoms with Crippen molar-refractivity contribution in [3.8, 4) is 0 Å². The van der Waals surface area contributed by atoms with Crippen molar-refractivity contribution in [3.05, 3.63) is 0 Å². The van der Waals surface area contributed by atoms with Crippen molar-refractivity contribution in [1.82, 2.24) is 5.43 Å². The smallest absolute Gasteiger partial charge is 0.362 e. The molecule has 0 aliphatic rings. The zero-order valence-electron chi connectivity index (χ0n) is 8.77. The van der Waals surface area contributed by atoms with Crippen LogP contribution in [0.1, 0.15) is 20.8 Å². The second-order valence-corrected chi connectivity index (χ2v) is 2.53. The largest absolute Gasteiger partial charge is 0.461 e. The Balaban J connectivity index is 4.62. The maximum absolute atomic E-state index is 11.2. The standard InChI is InChI=1S/C8H13N3O4/c1-4-15-8(13)7(11-14)5(2)9-10-6(3)12/h14H,4H2,1-3H3,(H,10,12)/b9-5+,11-7+. The molecule has 0 rings (SSSR count). The van der Waals surface area contributed by atoms with E-state index in [2.05, 4.69) is 20.4 Å². The van der Waals surface area contributed by atoms with Crippen LogP contribution in [0.25, 0.3) is 0 Å². The molecule has 1 amide bonds. The second kappa shape index (κ2) is 6.52. The summed E-state index contributed by atoms with van der Waals surface area (Å²) in [5.74, 6) is -1.19. The lowest BCUT2D eigenvalue weighted by Crippen LogP contribution is -2.27. The molecule has 0 aliphatic carbocycles. The van der Waals surface area contributed by atoms with Crippen molar-refractivity contribution in [1.29, 1.82) is 0 Å². The number of nitrogens with zero attached hydrogens (tertiary/aromatic N) is 2. The molecule has 0 atom stereocenters. The van der Waals surface area contributed by atoms with Gasteiger partial charge in [-0.2, -0.15) is 5.10 Å². The van der Waals surface area contributed by atoms with E-state index in [0.717, 1.165) is 0 Å². The lowest BCUT2D eigenvalue weighted by molar-refractivity contribution is -0.135. The summed E-state index contributed by atoms with van der Waals surface area (Å²) in [6.07, 6.45) is 0. The van der Waals surface area contributed by atoms with E-state index in [1.54, 1.807) is 6.92 Å². The van der Waals surface area contributed by atoms with Gasteiger partial charge in [-0.3, -0.25) is 4.79 Å². The maximum Gasteiger partial charge on any atom is 0.362 e. The van der Waals surface area contributed by atoms with Gasteiger partial charge in [0.2, 0.25) is 11.6 Å². The van der Waals surface area contributed by atoms with Gasteiger partial charge in [0.05, 0.1) is 12.3 Å². The summed E-state index contributed by atoms with van der Waals surface area (Å²) in [5.41, 5.74) is 1.83. The molecule has 0 saturated carbocycles. The molecule has 0 bridgehead atoms. The normalized spacial score (nSPS) is 12.2. The van der Waals surface area contributed by atoms with Crippen molar-refractivity contribution in [2.45, 2.75) is 20.8 Å². The summed E-state index contributed by atoms with van der Waals surface area (Å²) in [4.78, 5) is 21.7. The molecule has 0 aliphatic heterocycles. The summed E-state index contributed by atoms with van der Waals surface area (Å²) in [7, 11) is 0. The predicted octanol–water partition coefficient (Wildman–Crippen LogP) is -0.108. The van der Waals surface area contributed by atoms with Crippen molar-refractivity contribution < 1.29 is 19.5 Å². The highest BCUT2D eigenvalue weighted by atomic mass is 16.5. The van der Waals surface area contributed by atoms with Crippen molar-refractivity contribution in [2.24, 2.45) is 10.3 Å². The number of hydrazone groups is 1. The summed E-state index contributed by atoms with van der Waals surface area (Å²) < 4.78 is 4.60. The zero-order valence-corrected chi connectivity index (χ0v) is 8.77. The Labute approximate surface area is 86.8 Å². The van der Waals surface area contributed by atoms with Crippen LogP contribution in [-0.4, -0.2) is 35.1 Å². The van der Waals surface area contributed by atoms with Gasteiger partial charge in [0.1, 0.15) is 0 Å². The number of oxime groups is 1. The minimum atomic E-state index is -0.799. The van der Waals surface area contributed by atoms with E-state index in [0.29, 0.717) is 0 Å². The molecule has 0 radical (unpaired) electrons. The number of carbonyl (C=O) groups is 2. The molecule has 0 spiro atoms. The molecule has 0 fully saturated rings. The van der Waals surface area contributed by atoms with Crippen molar-refractivity contribution in [2.75, 3.05) is 6.61 Å². The Bertz CT molecular complexity index is 309. The Morgan fingerprint density at radius 1 is 1.40 bits per heavy atom. The molecular formula is C8H13N3O4. The Hall–Kier alpha value is -1.92. The minimum absolute atomic E-state index is 0.0613. The summed E-state index contributed by atoms with van der Waals surface area (Å²) >= 11 is 0. The lowest BCUT2D eigenvalue weighted by atomic mass is 10.2. The van der Waals surface area contributed by atoms with E-state index < -0.39 is 11.9 Å². The van der Waals surface area contributed by atoms with Crippen LogP contribution in [0.2, 0.25) is 0 Å². The van der Waals surface area contributed by atoms with Crippen molar-refractivity contribution in [3.63, 3.8) is 0 Å². The number of nitrogens with one attached hydrogen (secondary N) is 1. The Kier molecular flexibility index (Phi) is 5.69. The zero-order chi connectivity index (χ0) is 11.8. The first-order valence-corrected chi connectivity index (χ1v) is 4.23. The van der Waals surface area contributed by atoms with E-state index in [-0.39, 0.29) is 18.0 Å². The maximum atomic E-state index is 11.2. The molecule has 0 aromatic rings. The third-order valence-electron chi connectivity index (χ3n) is 1.29. The van der Waals surface area contributed by atoms with Gasteiger partial charge in [-0.15, -0.1) is 0 Å². The molecule has 7 heteroatoms.